The number of aliphatic carboxylic acids is 1. The second-order valence-electron chi connectivity index (χ2n) is 10.0. The number of carbonyl (C=O) groups is 2. The molecule has 0 aliphatic carbocycles. The molecule has 6 N–H and O–H groups in total. The summed E-state index contributed by atoms with van der Waals surface area (Å²) in [4.78, 5) is 30.4. The number of nitrogens with two attached hydrogens (primary N) is 1. The van der Waals surface area contributed by atoms with E-state index in [4.69, 9.17) is 32.0 Å². The van der Waals surface area contributed by atoms with Gasteiger partial charge in [-0.15, -0.1) is 5.10 Å². The van der Waals surface area contributed by atoms with Crippen LogP contribution in [0.4, 0.5) is 25.1 Å². The number of ether oxygens (including phenoxy) is 1. The molecule has 2 aliphatic heterocycles. The van der Waals surface area contributed by atoms with Gasteiger partial charge in [-0.05, 0) is 37.0 Å². The van der Waals surface area contributed by atoms with Crippen LogP contribution in [-0.2, 0) is 30.8 Å². The van der Waals surface area contributed by atoms with Crippen molar-refractivity contribution >= 4 is 45.4 Å². The first kappa shape index (κ1) is 34.3. The molecule has 0 bridgehead atoms. The maximum absolute atomic E-state index is 12.8. The van der Waals surface area contributed by atoms with E-state index in [-0.39, 0.29) is 31.1 Å². The van der Waals surface area contributed by atoms with Gasteiger partial charge in [0.1, 0.15) is 6.10 Å². The quantitative estimate of drug-likeness (QED) is 0.238. The molecular weight excluding hydrogens is 621 g/mol. The van der Waals surface area contributed by atoms with E-state index >= 15 is 0 Å². The Bertz CT molecular complexity index is 1320. The Morgan fingerprint density at radius 3 is 2.37 bits per heavy atom. The van der Waals surface area contributed by atoms with E-state index in [9.17, 15) is 26.4 Å². The Kier molecular flexibility index (Phi) is 12.0. The number of rotatable bonds is 9. The topological polar surface area (TPSA) is 196 Å². The van der Waals surface area contributed by atoms with Gasteiger partial charge in [-0.3, -0.25) is 9.69 Å². The molecule has 2 aromatic rings. The van der Waals surface area contributed by atoms with Crippen molar-refractivity contribution in [2.75, 3.05) is 56.2 Å². The number of nitrogens with zero attached hydrogens (tertiary/aromatic N) is 4. The molecule has 2 aliphatic rings. The van der Waals surface area contributed by atoms with Crippen molar-refractivity contribution in [3.05, 3.63) is 34.9 Å². The Morgan fingerprint density at radius 1 is 1.21 bits per heavy atom. The summed E-state index contributed by atoms with van der Waals surface area (Å²) in [5.74, 6) is -2.10. The molecule has 1 aromatic carbocycles. The van der Waals surface area contributed by atoms with Crippen molar-refractivity contribution in [3.63, 3.8) is 0 Å². The third-order valence-electron chi connectivity index (χ3n) is 6.75. The molecule has 0 saturated carbocycles. The number of alkyl halides is 3. The van der Waals surface area contributed by atoms with Gasteiger partial charge in [-0.25, -0.2) is 23.0 Å². The maximum Gasteiger partial charge on any atom is 0.490 e. The summed E-state index contributed by atoms with van der Waals surface area (Å²) >= 11 is 6.06. The molecule has 2 saturated heterocycles. The summed E-state index contributed by atoms with van der Waals surface area (Å²) in [6, 6.07) is 8.17. The number of piperidine rings is 1. The molecule has 4 rings (SSSR count). The van der Waals surface area contributed by atoms with Crippen LogP contribution in [-0.4, -0.2) is 115 Å². The zero-order valence-corrected chi connectivity index (χ0v) is 24.8. The normalized spacial score (nSPS) is 20.3. The Morgan fingerprint density at radius 2 is 1.84 bits per heavy atom. The number of halogens is 4. The molecular formula is C24H34ClF3N8O6S. The minimum atomic E-state index is -5.08. The number of benzene rings is 1. The van der Waals surface area contributed by atoms with E-state index in [1.54, 1.807) is 0 Å². The Labute approximate surface area is 251 Å². The second-order valence-corrected chi connectivity index (χ2v) is 12.3. The molecule has 19 heteroatoms. The average molecular weight is 655 g/mol. The molecule has 240 valence electrons. The minimum Gasteiger partial charge on any atom is -0.475 e. The van der Waals surface area contributed by atoms with Crippen molar-refractivity contribution in [2.24, 2.45) is 0 Å². The van der Waals surface area contributed by atoms with Gasteiger partial charge < -0.3 is 25.8 Å². The second kappa shape index (κ2) is 15.0. The standard InChI is InChI=1S/C22H33ClN8O4S.C2HF3O2/c1-36(33,34)26-9-8-25-20(32)19-13-31(18(14-35-19)12-15-2-4-16(23)5-3-15)17-6-10-30(11-7-17)22-27-21(24)28-29-22;3-2(4,5)1(6)7/h2-5,17-19,26H,6-14H2,1H3,(H,25,32)(H3,24,27,28,29);(H,6,7)/t18-,19+;/m0./s1. The number of nitrogen functional groups attached to an aromatic ring is 1. The number of carbonyl (C=O) groups excluding carboxylic acids is 1. The first-order valence-corrected chi connectivity index (χ1v) is 15.5. The highest BCUT2D eigenvalue weighted by atomic mass is 35.5. The largest absolute Gasteiger partial charge is 0.490 e. The smallest absolute Gasteiger partial charge is 0.475 e. The van der Waals surface area contributed by atoms with Crippen molar-refractivity contribution in [2.45, 2.75) is 43.6 Å². The summed E-state index contributed by atoms with van der Waals surface area (Å²) in [7, 11) is -3.30. The summed E-state index contributed by atoms with van der Waals surface area (Å²) in [6.07, 6.45) is -2.08. The summed E-state index contributed by atoms with van der Waals surface area (Å²) in [6.45, 7) is 2.76. The summed E-state index contributed by atoms with van der Waals surface area (Å²) in [5, 5.41) is 17.4. The number of H-pyrrole nitrogens is 1. The van der Waals surface area contributed by atoms with Crippen LogP contribution in [0.5, 0.6) is 0 Å². The van der Waals surface area contributed by atoms with Gasteiger partial charge in [0.25, 0.3) is 5.91 Å². The van der Waals surface area contributed by atoms with Crippen molar-refractivity contribution in [1.82, 2.24) is 30.1 Å². The fraction of sp³-hybridized carbons (Fsp3) is 0.583. The predicted molar refractivity (Wildman–Crippen MR) is 151 cm³/mol. The number of morpholine rings is 1. The fourth-order valence-electron chi connectivity index (χ4n) is 4.73. The van der Waals surface area contributed by atoms with Crippen molar-refractivity contribution in [3.8, 4) is 0 Å². The van der Waals surface area contributed by atoms with Gasteiger partial charge in [-0.2, -0.15) is 18.2 Å². The van der Waals surface area contributed by atoms with E-state index in [0.29, 0.717) is 30.1 Å². The van der Waals surface area contributed by atoms with Crippen molar-refractivity contribution < 1.29 is 41.0 Å². The van der Waals surface area contributed by atoms with Gasteiger partial charge in [0.2, 0.25) is 21.9 Å². The number of aromatic amines is 1. The number of carboxylic acids is 1. The van der Waals surface area contributed by atoms with Crippen LogP contribution in [0.3, 0.4) is 0 Å². The number of sulfonamides is 1. The lowest BCUT2D eigenvalue weighted by molar-refractivity contribution is -0.192. The number of anilines is 2. The van der Waals surface area contributed by atoms with Gasteiger partial charge in [0, 0.05) is 49.8 Å². The van der Waals surface area contributed by atoms with Crippen LogP contribution in [0.15, 0.2) is 24.3 Å². The molecule has 2 atom stereocenters. The first-order chi connectivity index (χ1) is 20.1. The number of hydrogen-bond donors (Lipinski definition) is 5. The maximum atomic E-state index is 12.8. The lowest BCUT2D eigenvalue weighted by Gasteiger charge is -2.46. The predicted octanol–water partition coefficient (Wildman–Crippen LogP) is 0.620. The van der Waals surface area contributed by atoms with E-state index in [2.05, 4.69) is 35.0 Å². The van der Waals surface area contributed by atoms with Crippen LogP contribution < -0.4 is 20.7 Å². The highest BCUT2D eigenvalue weighted by molar-refractivity contribution is 7.88. The van der Waals surface area contributed by atoms with E-state index < -0.39 is 28.3 Å². The molecule has 3 heterocycles. The molecule has 2 fully saturated rings. The van der Waals surface area contributed by atoms with E-state index in [0.717, 1.165) is 44.2 Å². The molecule has 1 amide bonds. The molecule has 0 radical (unpaired) electrons. The first-order valence-electron chi connectivity index (χ1n) is 13.2. The van der Waals surface area contributed by atoms with Gasteiger partial charge >= 0.3 is 12.1 Å². The average Bonchev–Trinajstić information content (AvgIpc) is 3.38. The van der Waals surface area contributed by atoms with Crippen LogP contribution >= 0.6 is 11.6 Å². The number of hydrogen-bond acceptors (Lipinski definition) is 10. The summed E-state index contributed by atoms with van der Waals surface area (Å²) < 4.78 is 62.6. The van der Waals surface area contributed by atoms with Gasteiger partial charge in [0.05, 0.1) is 12.9 Å². The zero-order valence-electron chi connectivity index (χ0n) is 23.2. The monoisotopic (exact) mass is 654 g/mol. The third-order valence-corrected chi connectivity index (χ3v) is 7.73. The number of nitrogens with one attached hydrogen (secondary N) is 3. The van der Waals surface area contributed by atoms with Crippen LogP contribution in [0.1, 0.15) is 18.4 Å². The lowest BCUT2D eigenvalue weighted by Crippen LogP contribution is -2.60. The fourth-order valence-corrected chi connectivity index (χ4v) is 5.33. The van der Waals surface area contributed by atoms with Crippen molar-refractivity contribution in [1.29, 1.82) is 0 Å². The highest BCUT2D eigenvalue weighted by Crippen LogP contribution is 2.27. The Balaban J connectivity index is 0.000000646. The van der Waals surface area contributed by atoms with Gasteiger partial charge in [0.15, 0.2) is 0 Å². The van der Waals surface area contributed by atoms with Crippen LogP contribution in [0, 0.1) is 0 Å². The molecule has 14 nitrogen and oxygen atoms in total. The Hall–Kier alpha value is -3.19. The third kappa shape index (κ3) is 11.1. The van der Waals surface area contributed by atoms with E-state index in [1.807, 2.05) is 24.3 Å². The molecule has 43 heavy (non-hydrogen) atoms. The SMILES string of the molecule is CS(=O)(=O)NCCNC(=O)[C@H]1CN(C2CCN(c3n[nH]c(N)n3)CC2)[C@@H](Cc2ccc(Cl)cc2)CO1.O=C(O)C(F)(F)F. The summed E-state index contributed by atoms with van der Waals surface area (Å²) in [5.41, 5.74) is 6.83. The number of aromatic nitrogens is 3. The lowest BCUT2D eigenvalue weighted by atomic mass is 9.96. The number of amides is 1. The minimum absolute atomic E-state index is 0.109. The van der Waals surface area contributed by atoms with Crippen LogP contribution in [0.25, 0.3) is 0 Å². The highest BCUT2D eigenvalue weighted by Gasteiger charge is 2.39. The van der Waals surface area contributed by atoms with E-state index in [1.165, 1.54) is 0 Å². The van der Waals surface area contributed by atoms with Crippen LogP contribution in [0.2, 0.25) is 5.02 Å². The molecule has 1 aromatic heterocycles. The zero-order chi connectivity index (χ0) is 31.8. The molecule has 0 unspecified atom stereocenters. The van der Waals surface area contributed by atoms with Gasteiger partial charge in [-0.1, -0.05) is 23.7 Å². The molecule has 0 spiro atoms. The number of carboxylic acid groups (broad SMARTS) is 1.